The molecular formula is C22H24F3N5O3. The smallest absolute Gasteiger partial charge is 0.368 e. The number of carbonyl (C=O) groups excluding carboxylic acids is 1. The van der Waals surface area contributed by atoms with E-state index in [0.29, 0.717) is 18.9 Å². The number of fused-ring (bicyclic) bond motifs is 1. The van der Waals surface area contributed by atoms with Crippen LogP contribution in [-0.2, 0) is 11.3 Å². The minimum absolute atomic E-state index is 0.0888. The molecule has 8 nitrogen and oxygen atoms in total. The highest BCUT2D eigenvalue weighted by molar-refractivity contribution is 5.99. The van der Waals surface area contributed by atoms with Crippen LogP contribution in [0.4, 0.5) is 24.9 Å². The van der Waals surface area contributed by atoms with Crippen molar-refractivity contribution in [2.24, 2.45) is 0 Å². The van der Waals surface area contributed by atoms with Crippen LogP contribution in [0.15, 0.2) is 35.4 Å². The van der Waals surface area contributed by atoms with Crippen LogP contribution in [0.1, 0.15) is 36.5 Å². The lowest BCUT2D eigenvalue weighted by Crippen LogP contribution is -2.54. The molecule has 2 aromatic heterocycles. The van der Waals surface area contributed by atoms with E-state index in [1.807, 2.05) is 11.8 Å². The summed E-state index contributed by atoms with van der Waals surface area (Å²) in [5.41, 5.74) is -0.447. The first-order valence-corrected chi connectivity index (χ1v) is 11.0. The van der Waals surface area contributed by atoms with Crippen LogP contribution >= 0.6 is 0 Å². The van der Waals surface area contributed by atoms with Gasteiger partial charge in [0.15, 0.2) is 5.78 Å². The van der Waals surface area contributed by atoms with Crippen molar-refractivity contribution in [2.45, 2.75) is 56.7 Å². The number of ether oxygens (including phenoxy) is 1. The zero-order chi connectivity index (χ0) is 23.4. The number of aromatic nitrogens is 3. The summed E-state index contributed by atoms with van der Waals surface area (Å²) in [5, 5.41) is 0. The Morgan fingerprint density at radius 3 is 2.67 bits per heavy atom. The van der Waals surface area contributed by atoms with Gasteiger partial charge >= 0.3 is 6.18 Å². The third kappa shape index (κ3) is 4.21. The number of alkyl halides is 3. The second kappa shape index (κ2) is 7.82. The molecule has 0 N–H and O–H groups in total. The van der Waals surface area contributed by atoms with E-state index in [1.165, 1.54) is 35.2 Å². The molecule has 0 aromatic carbocycles. The largest absolute Gasteiger partial charge is 0.408 e. The van der Waals surface area contributed by atoms with Crippen LogP contribution < -0.4 is 15.4 Å². The van der Waals surface area contributed by atoms with E-state index in [9.17, 15) is 22.8 Å². The van der Waals surface area contributed by atoms with Crippen molar-refractivity contribution in [3.05, 3.63) is 46.5 Å². The molecule has 0 bridgehead atoms. The topological polar surface area (TPSA) is 80.6 Å². The minimum Gasteiger partial charge on any atom is -0.368 e. The Hall–Kier alpha value is -2.95. The number of halogens is 3. The number of morpholine rings is 1. The highest BCUT2D eigenvalue weighted by Crippen LogP contribution is 2.44. The standard InChI is InChI=1S/C22H24F3N5O3/c1-14-11-28(13-21(33-14)5-6-21)18-10-19(32)29-9-4-17(22(23,24)25)30(20(29)27-18)12-16(31)15-2-7-26-8-3-15/h2-3,7-8,10,14,17H,4-6,9,11-13H2,1H3/t14?,17-/m0/s1. The zero-order valence-electron chi connectivity index (χ0n) is 18.1. The first-order chi connectivity index (χ1) is 15.7. The number of hydrogen-bond acceptors (Lipinski definition) is 7. The van der Waals surface area contributed by atoms with E-state index in [4.69, 9.17) is 4.74 Å². The summed E-state index contributed by atoms with van der Waals surface area (Å²) in [4.78, 5) is 36.9. The van der Waals surface area contributed by atoms with Crippen molar-refractivity contribution in [3.8, 4) is 0 Å². The fourth-order valence-electron chi connectivity index (χ4n) is 4.74. The van der Waals surface area contributed by atoms with Gasteiger partial charge in [-0.1, -0.05) is 0 Å². The Balaban J connectivity index is 1.53. The molecule has 2 atom stereocenters. The Labute approximate surface area is 188 Å². The third-order valence-corrected chi connectivity index (χ3v) is 6.47. The highest BCUT2D eigenvalue weighted by Gasteiger charge is 2.50. The Bertz CT molecular complexity index is 1120. The van der Waals surface area contributed by atoms with Gasteiger partial charge in [-0.25, -0.2) is 0 Å². The second-order valence-electron chi connectivity index (χ2n) is 9.03. The van der Waals surface area contributed by atoms with Gasteiger partial charge in [0.05, 0.1) is 18.2 Å². The summed E-state index contributed by atoms with van der Waals surface area (Å²) in [6.45, 7) is 2.28. The molecule has 33 heavy (non-hydrogen) atoms. The molecule has 1 saturated carbocycles. The van der Waals surface area contributed by atoms with Gasteiger partial charge in [0.2, 0.25) is 5.95 Å². The fraction of sp³-hybridized carbons (Fsp3) is 0.545. The minimum atomic E-state index is -4.58. The second-order valence-corrected chi connectivity index (χ2v) is 9.03. The average Bonchev–Trinajstić information content (AvgIpc) is 3.50. The number of anilines is 2. The molecule has 176 valence electrons. The van der Waals surface area contributed by atoms with E-state index in [-0.39, 0.29) is 36.2 Å². The molecule has 4 heterocycles. The maximum absolute atomic E-state index is 14.0. The van der Waals surface area contributed by atoms with E-state index >= 15 is 0 Å². The van der Waals surface area contributed by atoms with Gasteiger partial charge in [-0.2, -0.15) is 18.2 Å². The first kappa shape index (κ1) is 21.9. The number of rotatable bonds is 4. The van der Waals surface area contributed by atoms with Crippen LogP contribution in [-0.4, -0.2) is 63.9 Å². The summed E-state index contributed by atoms with van der Waals surface area (Å²) in [6.07, 6.45) is -0.378. The number of hydrogen-bond donors (Lipinski definition) is 0. The molecule has 1 aliphatic carbocycles. The monoisotopic (exact) mass is 463 g/mol. The van der Waals surface area contributed by atoms with Gasteiger partial charge in [0.1, 0.15) is 11.9 Å². The SMILES string of the molecule is CC1CN(c2cc(=O)n3c(n2)N(CC(=O)c2ccncc2)[C@H](C(F)(F)F)CC3)CC2(CC2)O1. The zero-order valence-corrected chi connectivity index (χ0v) is 18.1. The lowest BCUT2D eigenvalue weighted by molar-refractivity contribution is -0.152. The van der Waals surface area contributed by atoms with Crippen molar-refractivity contribution in [2.75, 3.05) is 29.4 Å². The summed E-state index contributed by atoms with van der Waals surface area (Å²) in [5.74, 6) is -0.314. The van der Waals surface area contributed by atoms with E-state index in [0.717, 1.165) is 17.7 Å². The van der Waals surface area contributed by atoms with E-state index in [1.54, 1.807) is 0 Å². The van der Waals surface area contributed by atoms with Crippen LogP contribution in [0.3, 0.4) is 0 Å². The number of pyridine rings is 1. The van der Waals surface area contributed by atoms with Gasteiger partial charge in [-0.05, 0) is 38.3 Å². The average molecular weight is 463 g/mol. The van der Waals surface area contributed by atoms with Crippen LogP contribution in [0, 0.1) is 0 Å². The molecule has 2 aromatic rings. The van der Waals surface area contributed by atoms with Gasteiger partial charge in [0.25, 0.3) is 5.56 Å². The summed E-state index contributed by atoms with van der Waals surface area (Å²) < 4.78 is 49.1. The van der Waals surface area contributed by atoms with Crippen LogP contribution in [0.5, 0.6) is 0 Å². The molecule has 5 rings (SSSR count). The highest BCUT2D eigenvalue weighted by atomic mass is 19.4. The molecule has 1 saturated heterocycles. The van der Waals surface area contributed by atoms with Gasteiger partial charge < -0.3 is 14.5 Å². The summed E-state index contributed by atoms with van der Waals surface area (Å²) in [6, 6.07) is 2.37. The quantitative estimate of drug-likeness (QED) is 0.645. The predicted molar refractivity (Wildman–Crippen MR) is 114 cm³/mol. The maximum atomic E-state index is 14.0. The van der Waals surface area contributed by atoms with Crippen LogP contribution in [0.25, 0.3) is 0 Å². The van der Waals surface area contributed by atoms with E-state index in [2.05, 4.69) is 9.97 Å². The fourth-order valence-corrected chi connectivity index (χ4v) is 4.74. The number of Topliss-reactive ketones (excluding diaryl/α,β-unsaturated/α-hetero) is 1. The molecule has 1 unspecified atom stereocenters. The molecule has 2 aliphatic heterocycles. The van der Waals surface area contributed by atoms with Crippen molar-refractivity contribution >= 4 is 17.5 Å². The molecule has 11 heteroatoms. The first-order valence-electron chi connectivity index (χ1n) is 11.0. The van der Waals surface area contributed by atoms with Gasteiger partial charge in [-0.15, -0.1) is 0 Å². The Morgan fingerprint density at radius 2 is 2.00 bits per heavy atom. The molecular weight excluding hydrogens is 439 g/mol. The number of ketones is 1. The predicted octanol–water partition coefficient (Wildman–Crippen LogP) is 2.42. The van der Waals surface area contributed by atoms with Crippen molar-refractivity contribution in [1.82, 2.24) is 14.5 Å². The number of nitrogens with zero attached hydrogens (tertiary/aromatic N) is 5. The third-order valence-electron chi connectivity index (χ3n) is 6.47. The molecule has 3 aliphatic rings. The van der Waals surface area contributed by atoms with Gasteiger partial charge in [0, 0.05) is 43.7 Å². The van der Waals surface area contributed by atoms with Crippen LogP contribution in [0.2, 0.25) is 0 Å². The number of carbonyl (C=O) groups is 1. The van der Waals surface area contributed by atoms with E-state index < -0.39 is 30.1 Å². The summed E-state index contributed by atoms with van der Waals surface area (Å²) >= 11 is 0. The van der Waals surface area contributed by atoms with Crippen molar-refractivity contribution < 1.29 is 22.7 Å². The normalized spacial score (nSPS) is 24.0. The van der Waals surface area contributed by atoms with Gasteiger partial charge in [-0.3, -0.25) is 19.1 Å². The Kier molecular flexibility index (Phi) is 5.19. The van der Waals surface area contributed by atoms with Crippen molar-refractivity contribution in [1.29, 1.82) is 0 Å². The molecule has 0 amide bonds. The summed E-state index contributed by atoms with van der Waals surface area (Å²) in [7, 11) is 0. The molecule has 1 spiro atoms. The lowest BCUT2D eigenvalue weighted by atomic mass is 10.1. The molecule has 0 radical (unpaired) electrons. The maximum Gasteiger partial charge on any atom is 0.408 e. The van der Waals surface area contributed by atoms with Crippen molar-refractivity contribution in [3.63, 3.8) is 0 Å². The Morgan fingerprint density at radius 1 is 1.27 bits per heavy atom. The molecule has 2 fully saturated rings. The lowest BCUT2D eigenvalue weighted by Gasteiger charge is -2.41.